The molecule has 0 saturated carbocycles. The molecular formula is C51H101NO5. The highest BCUT2D eigenvalue weighted by Crippen LogP contribution is 2.17. The number of nitrogens with one attached hydrogen (secondary N) is 1. The van der Waals surface area contributed by atoms with Gasteiger partial charge in [-0.1, -0.05) is 251 Å². The van der Waals surface area contributed by atoms with Gasteiger partial charge in [0.05, 0.1) is 18.8 Å². The van der Waals surface area contributed by atoms with Crippen molar-refractivity contribution in [1.29, 1.82) is 0 Å². The highest BCUT2D eigenvalue weighted by molar-refractivity contribution is 5.80. The predicted octanol–water partition coefficient (Wildman–Crippen LogP) is 14.1. The van der Waals surface area contributed by atoms with Gasteiger partial charge in [-0.3, -0.25) is 4.79 Å². The number of allylic oxidation sites excluding steroid dienone is 2. The number of aliphatic hydroxyl groups excluding tert-OH is 4. The largest absolute Gasteiger partial charge is 0.394 e. The summed E-state index contributed by atoms with van der Waals surface area (Å²) in [5.74, 6) is -0.588. The fourth-order valence-corrected chi connectivity index (χ4v) is 8.17. The van der Waals surface area contributed by atoms with Crippen molar-refractivity contribution in [3.63, 3.8) is 0 Å². The zero-order valence-electron chi connectivity index (χ0n) is 38.4. The predicted molar refractivity (Wildman–Crippen MR) is 247 cm³/mol. The van der Waals surface area contributed by atoms with E-state index in [0.29, 0.717) is 12.8 Å². The van der Waals surface area contributed by atoms with Gasteiger partial charge in [-0.25, -0.2) is 0 Å². The van der Waals surface area contributed by atoms with Crippen LogP contribution in [-0.2, 0) is 4.79 Å². The zero-order valence-corrected chi connectivity index (χ0v) is 38.4. The Labute approximate surface area is 355 Å². The van der Waals surface area contributed by atoms with Crippen LogP contribution in [0.2, 0.25) is 0 Å². The topological polar surface area (TPSA) is 110 Å². The zero-order chi connectivity index (χ0) is 41.7. The summed E-state index contributed by atoms with van der Waals surface area (Å²) < 4.78 is 0. The maximum atomic E-state index is 12.5. The molecule has 4 atom stereocenters. The maximum absolute atomic E-state index is 12.5. The van der Waals surface area contributed by atoms with E-state index in [1.807, 2.05) is 0 Å². The molecule has 5 N–H and O–H groups in total. The summed E-state index contributed by atoms with van der Waals surface area (Å²) in [4.78, 5) is 12.5. The number of aliphatic hydroxyl groups is 4. The number of unbranched alkanes of at least 4 members (excludes halogenated alkanes) is 36. The Kier molecular flexibility index (Phi) is 45.4. The first-order valence-electron chi connectivity index (χ1n) is 25.6. The minimum absolute atomic E-state index is 0.368. The van der Waals surface area contributed by atoms with Gasteiger partial charge in [0.1, 0.15) is 12.2 Å². The van der Waals surface area contributed by atoms with Crippen LogP contribution in [0.4, 0.5) is 0 Å². The van der Waals surface area contributed by atoms with E-state index in [9.17, 15) is 25.2 Å². The van der Waals surface area contributed by atoms with Gasteiger partial charge in [0, 0.05) is 0 Å². The van der Waals surface area contributed by atoms with Gasteiger partial charge >= 0.3 is 0 Å². The number of hydrogen-bond acceptors (Lipinski definition) is 5. The third-order valence-electron chi connectivity index (χ3n) is 12.2. The monoisotopic (exact) mass is 808 g/mol. The minimum Gasteiger partial charge on any atom is -0.394 e. The van der Waals surface area contributed by atoms with Crippen molar-refractivity contribution in [3.8, 4) is 0 Å². The quantitative estimate of drug-likeness (QED) is 0.0311. The van der Waals surface area contributed by atoms with Crippen molar-refractivity contribution < 1.29 is 25.2 Å². The van der Waals surface area contributed by atoms with Gasteiger partial charge in [0.2, 0.25) is 5.91 Å². The molecule has 0 aromatic heterocycles. The van der Waals surface area contributed by atoms with Crippen LogP contribution in [0.25, 0.3) is 0 Å². The molecular weight excluding hydrogens is 707 g/mol. The molecule has 0 fully saturated rings. The number of carbonyl (C=O) groups excluding carboxylic acids is 1. The Hall–Kier alpha value is -0.950. The van der Waals surface area contributed by atoms with E-state index in [4.69, 9.17) is 0 Å². The Morgan fingerprint density at radius 3 is 1.05 bits per heavy atom. The molecule has 57 heavy (non-hydrogen) atoms. The summed E-state index contributed by atoms with van der Waals surface area (Å²) in [6.45, 7) is 4.07. The van der Waals surface area contributed by atoms with Crippen LogP contribution >= 0.6 is 0 Å². The summed E-state index contributed by atoms with van der Waals surface area (Å²) in [6.07, 6.45) is 52.6. The van der Waals surface area contributed by atoms with Crippen LogP contribution in [0.3, 0.4) is 0 Å². The molecule has 0 aromatic rings. The summed E-state index contributed by atoms with van der Waals surface area (Å²) in [7, 11) is 0. The van der Waals surface area contributed by atoms with Gasteiger partial charge in [-0.05, 0) is 38.5 Å². The smallest absolute Gasteiger partial charge is 0.249 e. The van der Waals surface area contributed by atoms with E-state index >= 15 is 0 Å². The van der Waals surface area contributed by atoms with Crippen LogP contribution in [0.1, 0.15) is 277 Å². The Balaban J connectivity index is 3.68. The first kappa shape index (κ1) is 56.0. The molecule has 0 radical (unpaired) electrons. The van der Waals surface area contributed by atoms with Crippen molar-refractivity contribution >= 4 is 5.91 Å². The van der Waals surface area contributed by atoms with Crippen LogP contribution < -0.4 is 5.32 Å². The first-order chi connectivity index (χ1) is 28.0. The summed E-state index contributed by atoms with van der Waals surface area (Å²) in [5.41, 5.74) is 0. The molecule has 0 rings (SSSR count). The third kappa shape index (κ3) is 40.2. The van der Waals surface area contributed by atoms with E-state index in [1.54, 1.807) is 0 Å². The maximum Gasteiger partial charge on any atom is 0.249 e. The number of hydrogen-bond donors (Lipinski definition) is 5. The Morgan fingerprint density at radius 1 is 0.421 bits per heavy atom. The highest BCUT2D eigenvalue weighted by atomic mass is 16.3. The average Bonchev–Trinajstić information content (AvgIpc) is 3.22. The summed E-state index contributed by atoms with van der Waals surface area (Å²) in [6, 6.07) is -0.998. The number of amides is 1. The summed E-state index contributed by atoms with van der Waals surface area (Å²) >= 11 is 0. The lowest BCUT2D eigenvalue weighted by Crippen LogP contribution is -2.53. The van der Waals surface area contributed by atoms with Crippen molar-refractivity contribution in [2.24, 2.45) is 0 Å². The average molecular weight is 808 g/mol. The van der Waals surface area contributed by atoms with Gasteiger partial charge in [0.15, 0.2) is 0 Å². The lowest BCUT2D eigenvalue weighted by atomic mass is 10.00. The van der Waals surface area contributed by atoms with E-state index in [0.717, 1.165) is 38.5 Å². The molecule has 1 amide bonds. The second kappa shape index (κ2) is 46.1. The highest BCUT2D eigenvalue weighted by Gasteiger charge is 2.28. The van der Waals surface area contributed by atoms with E-state index in [-0.39, 0.29) is 0 Å². The van der Waals surface area contributed by atoms with Crippen LogP contribution in [0.15, 0.2) is 12.2 Å². The molecule has 340 valence electrons. The fraction of sp³-hybridized carbons (Fsp3) is 0.941. The molecule has 0 aliphatic heterocycles. The lowest BCUT2D eigenvalue weighted by molar-refractivity contribution is -0.132. The molecule has 0 bridgehead atoms. The van der Waals surface area contributed by atoms with Gasteiger partial charge < -0.3 is 25.7 Å². The molecule has 0 aliphatic carbocycles. The lowest BCUT2D eigenvalue weighted by Gasteiger charge is -2.27. The second-order valence-corrected chi connectivity index (χ2v) is 17.9. The van der Waals surface area contributed by atoms with E-state index in [1.165, 1.54) is 212 Å². The molecule has 4 unspecified atom stereocenters. The van der Waals surface area contributed by atoms with Crippen molar-refractivity contribution in [1.82, 2.24) is 5.32 Å². The number of carbonyl (C=O) groups is 1. The number of rotatable bonds is 47. The molecule has 0 spiro atoms. The summed E-state index contributed by atoms with van der Waals surface area (Å²) in [5, 5.41) is 43.8. The van der Waals surface area contributed by atoms with Crippen LogP contribution in [-0.4, -0.2) is 57.3 Å². The van der Waals surface area contributed by atoms with E-state index in [2.05, 4.69) is 31.3 Å². The molecule has 0 saturated heterocycles. The van der Waals surface area contributed by atoms with Gasteiger partial charge in [-0.15, -0.1) is 0 Å². The molecule has 0 heterocycles. The Morgan fingerprint density at radius 2 is 0.719 bits per heavy atom. The molecule has 0 aromatic carbocycles. The molecule has 6 heteroatoms. The molecule has 6 nitrogen and oxygen atoms in total. The molecule has 0 aliphatic rings. The van der Waals surface area contributed by atoms with Crippen molar-refractivity contribution in [2.75, 3.05) is 6.61 Å². The van der Waals surface area contributed by atoms with Crippen LogP contribution in [0, 0.1) is 0 Å². The Bertz CT molecular complexity index is 821. The van der Waals surface area contributed by atoms with Crippen molar-refractivity contribution in [2.45, 2.75) is 301 Å². The fourth-order valence-electron chi connectivity index (χ4n) is 8.17. The van der Waals surface area contributed by atoms with Gasteiger partial charge in [-0.2, -0.15) is 0 Å². The first-order valence-corrected chi connectivity index (χ1v) is 25.6. The SMILES string of the molecule is CCCCCCCCCCCCCCCCCCC/C=C/CCCC(O)C(O)C(CO)NC(=O)C(O)CCCCCCCCCCCCCCCCCCCCC. The third-order valence-corrected chi connectivity index (χ3v) is 12.2. The second-order valence-electron chi connectivity index (χ2n) is 17.9. The minimum atomic E-state index is -1.28. The standard InChI is InChI=1S/C51H101NO5/c1-3-5-7-9-11-13-15-17-19-21-23-24-25-27-28-30-32-34-36-38-40-42-44-48(54)50(56)47(46-53)52-51(57)49(55)45-43-41-39-37-35-33-31-29-26-22-20-18-16-14-12-10-8-6-4-2/h36,38,47-50,53-56H,3-35,37,39-46H2,1-2H3,(H,52,57)/b38-36+. The van der Waals surface area contributed by atoms with Gasteiger partial charge in [0.25, 0.3) is 0 Å². The normalized spacial score (nSPS) is 14.0. The van der Waals surface area contributed by atoms with Crippen LogP contribution in [0.5, 0.6) is 0 Å². The van der Waals surface area contributed by atoms with Crippen molar-refractivity contribution in [3.05, 3.63) is 12.2 Å². The van der Waals surface area contributed by atoms with E-state index < -0.39 is 36.9 Å².